The number of nitrogens with one attached hydrogen (secondary N) is 1. The molecule has 0 fully saturated rings. The van der Waals surface area contributed by atoms with E-state index in [0.29, 0.717) is 11.9 Å². The number of aromatic nitrogens is 5. The van der Waals surface area contributed by atoms with Crippen LogP contribution < -0.4 is 10.2 Å². The summed E-state index contributed by atoms with van der Waals surface area (Å²) in [5, 5.41) is 8.06. The van der Waals surface area contributed by atoms with Crippen LogP contribution in [0, 0.1) is 6.92 Å². The van der Waals surface area contributed by atoms with E-state index in [-0.39, 0.29) is 17.5 Å². The van der Waals surface area contributed by atoms with Crippen molar-refractivity contribution in [3.8, 4) is 0 Å². The second kappa shape index (κ2) is 6.98. The Kier molecular flexibility index (Phi) is 5.34. The Hall–Kier alpha value is -2.18. The summed E-state index contributed by atoms with van der Waals surface area (Å²) < 4.78 is 2.01. The van der Waals surface area contributed by atoms with Gasteiger partial charge in [-0.1, -0.05) is 13.8 Å². The number of hydrogen-bond donors (Lipinski definition) is 1. The van der Waals surface area contributed by atoms with E-state index in [0.717, 1.165) is 17.1 Å². The zero-order valence-electron chi connectivity index (χ0n) is 16.9. The van der Waals surface area contributed by atoms with Gasteiger partial charge in [0, 0.05) is 31.8 Å². The molecule has 1 unspecified atom stereocenters. The van der Waals surface area contributed by atoms with Crippen molar-refractivity contribution in [2.24, 2.45) is 0 Å². The Balaban J connectivity index is 2.31. The molecule has 0 aliphatic heterocycles. The predicted molar refractivity (Wildman–Crippen MR) is 102 cm³/mol. The molecular weight excluding hydrogens is 314 g/mol. The lowest BCUT2D eigenvalue weighted by molar-refractivity contribution is 0.354. The van der Waals surface area contributed by atoms with Crippen LogP contribution in [-0.4, -0.2) is 38.8 Å². The molecule has 7 heteroatoms. The molecule has 0 aromatic carbocycles. The molecule has 2 aromatic rings. The van der Waals surface area contributed by atoms with Crippen molar-refractivity contribution in [1.82, 2.24) is 24.7 Å². The maximum absolute atomic E-state index is 4.65. The summed E-state index contributed by atoms with van der Waals surface area (Å²) in [5.74, 6) is 2.28. The van der Waals surface area contributed by atoms with Crippen molar-refractivity contribution in [2.75, 3.05) is 24.3 Å². The van der Waals surface area contributed by atoms with E-state index in [1.54, 1.807) is 0 Å². The van der Waals surface area contributed by atoms with E-state index < -0.39 is 0 Å². The average molecular weight is 345 g/mol. The second-order valence-electron chi connectivity index (χ2n) is 8.02. The molecule has 2 aromatic heterocycles. The highest BCUT2D eigenvalue weighted by molar-refractivity contribution is 5.39. The summed E-state index contributed by atoms with van der Waals surface area (Å²) in [7, 11) is 3.87. The highest BCUT2D eigenvalue weighted by Gasteiger charge is 2.20. The molecule has 7 nitrogen and oxygen atoms in total. The van der Waals surface area contributed by atoms with Gasteiger partial charge in [0.1, 0.15) is 5.82 Å². The molecule has 1 N–H and O–H groups in total. The second-order valence-corrected chi connectivity index (χ2v) is 8.02. The van der Waals surface area contributed by atoms with Gasteiger partial charge in [-0.15, -0.1) is 0 Å². The Morgan fingerprint density at radius 3 is 2.20 bits per heavy atom. The summed E-state index contributed by atoms with van der Waals surface area (Å²) in [6.45, 7) is 14.7. The average Bonchev–Trinajstić information content (AvgIpc) is 2.89. The van der Waals surface area contributed by atoms with Crippen molar-refractivity contribution in [3.05, 3.63) is 23.3 Å². The summed E-state index contributed by atoms with van der Waals surface area (Å²) in [6.07, 6.45) is 2.10. The lowest BCUT2D eigenvalue weighted by Gasteiger charge is -2.19. The van der Waals surface area contributed by atoms with Crippen LogP contribution in [0.25, 0.3) is 0 Å². The Labute approximate surface area is 150 Å². The molecule has 1 atom stereocenters. The quantitative estimate of drug-likeness (QED) is 0.894. The molecule has 138 valence electrons. The molecule has 0 saturated carbocycles. The topological polar surface area (TPSA) is 71.8 Å². The van der Waals surface area contributed by atoms with Gasteiger partial charge in [-0.25, -0.2) is 0 Å². The van der Waals surface area contributed by atoms with Gasteiger partial charge in [-0.3, -0.25) is 4.68 Å². The normalized spacial score (nSPS) is 13.2. The molecule has 0 aliphatic rings. The van der Waals surface area contributed by atoms with Crippen molar-refractivity contribution in [2.45, 2.75) is 66.0 Å². The zero-order valence-corrected chi connectivity index (χ0v) is 16.9. The Morgan fingerprint density at radius 1 is 1.08 bits per heavy atom. The largest absolute Gasteiger partial charge is 0.347 e. The SMILES string of the molecule is Cc1nn(C(C)(C)C)cc1C(C)Nc1nc(C(C)C)nc(N(C)C)n1. The zero-order chi connectivity index (χ0) is 18.9. The number of aryl methyl sites for hydroxylation is 1. The van der Waals surface area contributed by atoms with Gasteiger partial charge in [0.05, 0.1) is 17.3 Å². The molecule has 0 radical (unpaired) electrons. The van der Waals surface area contributed by atoms with Gasteiger partial charge in [-0.05, 0) is 34.6 Å². The van der Waals surface area contributed by atoms with Gasteiger partial charge < -0.3 is 10.2 Å². The highest BCUT2D eigenvalue weighted by Crippen LogP contribution is 2.24. The molecule has 25 heavy (non-hydrogen) atoms. The van der Waals surface area contributed by atoms with Crippen LogP contribution in [0.3, 0.4) is 0 Å². The van der Waals surface area contributed by atoms with E-state index in [2.05, 4.69) is 73.1 Å². The first-order chi connectivity index (χ1) is 11.5. The minimum atomic E-state index is -0.0429. The molecular formula is C18H31N7. The third-order valence-corrected chi connectivity index (χ3v) is 3.99. The van der Waals surface area contributed by atoms with Crippen LogP contribution in [0.4, 0.5) is 11.9 Å². The number of nitrogens with zero attached hydrogens (tertiary/aromatic N) is 6. The standard InChI is InChI=1S/C18H31N7/c1-11(2)15-20-16(22-17(21-15)24(8)9)19-12(3)14-10-25(18(5,6)7)23-13(14)4/h10-12H,1-9H3,(H,19,20,21,22). The number of anilines is 2. The molecule has 0 amide bonds. The number of hydrogen-bond acceptors (Lipinski definition) is 6. The Bertz CT molecular complexity index is 699. The minimum Gasteiger partial charge on any atom is -0.347 e. The van der Waals surface area contributed by atoms with Gasteiger partial charge >= 0.3 is 0 Å². The van der Waals surface area contributed by atoms with Crippen molar-refractivity contribution in [1.29, 1.82) is 0 Å². The lowest BCUT2D eigenvalue weighted by atomic mass is 10.1. The minimum absolute atomic E-state index is 0.0429. The summed E-state index contributed by atoms with van der Waals surface area (Å²) >= 11 is 0. The molecule has 0 spiro atoms. The summed E-state index contributed by atoms with van der Waals surface area (Å²) in [6, 6.07) is 0.0496. The van der Waals surface area contributed by atoms with Crippen molar-refractivity contribution < 1.29 is 0 Å². The van der Waals surface area contributed by atoms with Gasteiger partial charge in [0.25, 0.3) is 0 Å². The van der Waals surface area contributed by atoms with Gasteiger partial charge in [0.2, 0.25) is 11.9 Å². The van der Waals surface area contributed by atoms with E-state index >= 15 is 0 Å². The fourth-order valence-electron chi connectivity index (χ4n) is 2.42. The first-order valence-electron chi connectivity index (χ1n) is 8.75. The van der Waals surface area contributed by atoms with E-state index in [1.807, 2.05) is 30.6 Å². The molecule has 2 rings (SSSR count). The lowest BCUT2D eigenvalue weighted by Crippen LogP contribution is -2.22. The van der Waals surface area contributed by atoms with Crippen LogP contribution in [0.5, 0.6) is 0 Å². The first kappa shape index (κ1) is 19.1. The van der Waals surface area contributed by atoms with E-state index in [1.165, 1.54) is 0 Å². The monoisotopic (exact) mass is 345 g/mol. The summed E-state index contributed by atoms with van der Waals surface area (Å²) in [5.41, 5.74) is 2.12. The first-order valence-corrected chi connectivity index (χ1v) is 8.75. The van der Waals surface area contributed by atoms with Gasteiger partial charge in [-0.2, -0.15) is 20.1 Å². The van der Waals surface area contributed by atoms with E-state index in [9.17, 15) is 0 Å². The van der Waals surface area contributed by atoms with Crippen LogP contribution >= 0.6 is 0 Å². The van der Waals surface area contributed by atoms with Crippen LogP contribution in [0.1, 0.15) is 70.6 Å². The van der Waals surface area contributed by atoms with Crippen LogP contribution in [0.2, 0.25) is 0 Å². The highest BCUT2D eigenvalue weighted by atomic mass is 15.3. The third-order valence-electron chi connectivity index (χ3n) is 3.99. The number of rotatable bonds is 5. The fourth-order valence-corrected chi connectivity index (χ4v) is 2.42. The molecule has 0 saturated heterocycles. The Morgan fingerprint density at radius 2 is 1.72 bits per heavy atom. The molecule has 0 aliphatic carbocycles. The molecule has 0 bridgehead atoms. The van der Waals surface area contributed by atoms with E-state index in [4.69, 9.17) is 0 Å². The molecule has 2 heterocycles. The van der Waals surface area contributed by atoms with Crippen molar-refractivity contribution >= 4 is 11.9 Å². The van der Waals surface area contributed by atoms with Gasteiger partial charge in [0.15, 0.2) is 0 Å². The maximum Gasteiger partial charge on any atom is 0.229 e. The van der Waals surface area contributed by atoms with Crippen molar-refractivity contribution in [3.63, 3.8) is 0 Å². The van der Waals surface area contributed by atoms with Crippen LogP contribution in [-0.2, 0) is 5.54 Å². The van der Waals surface area contributed by atoms with Crippen LogP contribution in [0.15, 0.2) is 6.20 Å². The fraction of sp³-hybridized carbons (Fsp3) is 0.667. The third kappa shape index (κ3) is 4.46. The predicted octanol–water partition coefficient (Wildman–Crippen LogP) is 3.49. The summed E-state index contributed by atoms with van der Waals surface area (Å²) in [4.78, 5) is 15.5. The maximum atomic E-state index is 4.65. The smallest absolute Gasteiger partial charge is 0.229 e.